The highest BCUT2D eigenvalue weighted by atomic mass is 79.9. The van der Waals surface area contributed by atoms with Gasteiger partial charge in [-0.2, -0.15) is 4.31 Å². The van der Waals surface area contributed by atoms with Gasteiger partial charge in [-0.05, 0) is 61.2 Å². The number of sulfonamides is 1. The van der Waals surface area contributed by atoms with E-state index in [0.717, 1.165) is 17.3 Å². The Bertz CT molecular complexity index is 897. The van der Waals surface area contributed by atoms with Crippen LogP contribution in [0.15, 0.2) is 57.9 Å². The van der Waals surface area contributed by atoms with Gasteiger partial charge in [0.25, 0.3) is 5.91 Å². The van der Waals surface area contributed by atoms with Crippen molar-refractivity contribution >= 4 is 37.5 Å². The van der Waals surface area contributed by atoms with E-state index in [1.165, 1.54) is 0 Å². The second-order valence-corrected chi connectivity index (χ2v) is 9.45. The minimum atomic E-state index is -3.48. The maximum absolute atomic E-state index is 12.8. The number of halogens is 1. The molecule has 1 unspecified atom stereocenters. The van der Waals surface area contributed by atoms with Crippen LogP contribution in [0, 0.1) is 5.92 Å². The van der Waals surface area contributed by atoms with Crippen LogP contribution in [-0.4, -0.2) is 31.7 Å². The molecule has 0 spiro atoms. The zero-order valence-corrected chi connectivity index (χ0v) is 16.9. The lowest BCUT2D eigenvalue weighted by molar-refractivity contribution is 0.102. The van der Waals surface area contributed by atoms with Crippen LogP contribution in [0.4, 0.5) is 5.69 Å². The summed E-state index contributed by atoms with van der Waals surface area (Å²) in [6.07, 6.45) is 1.95. The molecule has 1 fully saturated rings. The molecule has 0 aliphatic carbocycles. The summed E-state index contributed by atoms with van der Waals surface area (Å²) >= 11 is 3.34. The fraction of sp³-hybridized carbons (Fsp3) is 0.316. The molecule has 1 N–H and O–H groups in total. The minimum absolute atomic E-state index is 0.244. The molecule has 0 bridgehead atoms. The smallest absolute Gasteiger partial charge is 0.255 e. The van der Waals surface area contributed by atoms with E-state index in [0.29, 0.717) is 30.3 Å². The summed E-state index contributed by atoms with van der Waals surface area (Å²) in [6, 6.07) is 13.4. The van der Waals surface area contributed by atoms with Gasteiger partial charge in [-0.1, -0.05) is 28.9 Å². The summed E-state index contributed by atoms with van der Waals surface area (Å²) < 4.78 is 27.9. The summed E-state index contributed by atoms with van der Waals surface area (Å²) in [5.41, 5.74) is 1.08. The molecule has 3 rings (SSSR count). The number of hydrogen-bond donors (Lipinski definition) is 1. The van der Waals surface area contributed by atoms with E-state index in [-0.39, 0.29) is 10.8 Å². The van der Waals surface area contributed by atoms with Crippen molar-refractivity contribution in [1.29, 1.82) is 0 Å². The SMILES string of the molecule is CC1CCCN(S(=O)(=O)c2ccc(NC(=O)c3cccc(Br)c3)cc2)C1. The molecule has 1 aliphatic heterocycles. The van der Waals surface area contributed by atoms with Crippen molar-refractivity contribution in [1.82, 2.24) is 4.31 Å². The summed E-state index contributed by atoms with van der Waals surface area (Å²) in [6.45, 7) is 3.19. The van der Waals surface area contributed by atoms with Gasteiger partial charge in [-0.25, -0.2) is 8.42 Å². The first kappa shape index (κ1) is 19.1. The Morgan fingerprint density at radius 1 is 1.19 bits per heavy atom. The van der Waals surface area contributed by atoms with Gasteiger partial charge < -0.3 is 5.32 Å². The van der Waals surface area contributed by atoms with E-state index < -0.39 is 10.0 Å². The van der Waals surface area contributed by atoms with Crippen LogP contribution in [0.1, 0.15) is 30.1 Å². The predicted octanol–water partition coefficient (Wildman–Crippen LogP) is 4.12. The van der Waals surface area contributed by atoms with E-state index in [9.17, 15) is 13.2 Å². The van der Waals surface area contributed by atoms with Gasteiger partial charge in [0.1, 0.15) is 0 Å². The monoisotopic (exact) mass is 436 g/mol. The van der Waals surface area contributed by atoms with Crippen molar-refractivity contribution in [2.45, 2.75) is 24.7 Å². The lowest BCUT2D eigenvalue weighted by Crippen LogP contribution is -2.39. The number of rotatable bonds is 4. The average molecular weight is 437 g/mol. The fourth-order valence-corrected chi connectivity index (χ4v) is 5.05. The number of carbonyl (C=O) groups is 1. The molecule has 26 heavy (non-hydrogen) atoms. The molecule has 1 heterocycles. The van der Waals surface area contributed by atoms with Crippen molar-refractivity contribution in [2.75, 3.05) is 18.4 Å². The van der Waals surface area contributed by atoms with Crippen LogP contribution in [0.5, 0.6) is 0 Å². The van der Waals surface area contributed by atoms with Crippen LogP contribution < -0.4 is 5.32 Å². The molecular weight excluding hydrogens is 416 g/mol. The van der Waals surface area contributed by atoms with Crippen molar-refractivity contribution in [3.8, 4) is 0 Å². The third-order valence-electron chi connectivity index (χ3n) is 4.46. The number of anilines is 1. The standard InChI is InChI=1S/C19H21BrN2O3S/c1-14-4-3-11-22(13-14)26(24,25)18-9-7-17(8-10-18)21-19(23)15-5-2-6-16(20)12-15/h2,5-10,12,14H,3-4,11,13H2,1H3,(H,21,23). The quantitative estimate of drug-likeness (QED) is 0.783. The molecule has 1 aliphatic rings. The lowest BCUT2D eigenvalue weighted by Gasteiger charge is -2.30. The molecule has 2 aromatic rings. The van der Waals surface area contributed by atoms with E-state index in [1.807, 2.05) is 6.07 Å². The van der Waals surface area contributed by atoms with Crippen molar-refractivity contribution in [2.24, 2.45) is 5.92 Å². The zero-order chi connectivity index (χ0) is 18.7. The second-order valence-electron chi connectivity index (χ2n) is 6.60. The second kappa shape index (κ2) is 7.90. The number of nitrogens with zero attached hydrogens (tertiary/aromatic N) is 1. The molecule has 7 heteroatoms. The van der Waals surface area contributed by atoms with E-state index >= 15 is 0 Å². The Kier molecular flexibility index (Phi) is 5.79. The number of hydrogen-bond acceptors (Lipinski definition) is 3. The number of nitrogens with one attached hydrogen (secondary N) is 1. The molecule has 1 atom stereocenters. The first-order valence-corrected chi connectivity index (χ1v) is 10.8. The van der Waals surface area contributed by atoms with Crippen LogP contribution in [-0.2, 0) is 10.0 Å². The van der Waals surface area contributed by atoms with Gasteiger partial charge in [0.15, 0.2) is 0 Å². The molecule has 1 saturated heterocycles. The van der Waals surface area contributed by atoms with Crippen LogP contribution in [0.3, 0.4) is 0 Å². The van der Waals surface area contributed by atoms with Crippen molar-refractivity contribution in [3.05, 3.63) is 58.6 Å². The molecule has 0 saturated carbocycles. The van der Waals surface area contributed by atoms with Gasteiger partial charge >= 0.3 is 0 Å². The van der Waals surface area contributed by atoms with Gasteiger partial charge in [0, 0.05) is 28.8 Å². The molecular formula is C19H21BrN2O3S. The van der Waals surface area contributed by atoms with Crippen LogP contribution in [0.2, 0.25) is 0 Å². The van der Waals surface area contributed by atoms with E-state index in [2.05, 4.69) is 28.2 Å². The molecule has 5 nitrogen and oxygen atoms in total. The molecule has 0 aromatic heterocycles. The van der Waals surface area contributed by atoms with Gasteiger partial charge in [-0.3, -0.25) is 4.79 Å². The number of benzene rings is 2. The van der Waals surface area contributed by atoms with Crippen molar-refractivity contribution < 1.29 is 13.2 Å². The highest BCUT2D eigenvalue weighted by Gasteiger charge is 2.28. The predicted molar refractivity (Wildman–Crippen MR) is 106 cm³/mol. The van der Waals surface area contributed by atoms with E-state index in [4.69, 9.17) is 0 Å². The summed E-state index contributed by atoms with van der Waals surface area (Å²) in [5.74, 6) is 0.133. The van der Waals surface area contributed by atoms with Crippen LogP contribution >= 0.6 is 15.9 Å². The normalized spacial score (nSPS) is 18.5. The Balaban J connectivity index is 1.73. The van der Waals surface area contributed by atoms with Gasteiger partial charge in [0.2, 0.25) is 10.0 Å². The highest BCUT2D eigenvalue weighted by molar-refractivity contribution is 9.10. The van der Waals surface area contributed by atoms with Crippen LogP contribution in [0.25, 0.3) is 0 Å². The van der Waals surface area contributed by atoms with Gasteiger partial charge in [0.05, 0.1) is 4.90 Å². The molecule has 2 aromatic carbocycles. The Morgan fingerprint density at radius 3 is 2.58 bits per heavy atom. The summed E-state index contributed by atoms with van der Waals surface area (Å²) in [5, 5.41) is 2.78. The highest BCUT2D eigenvalue weighted by Crippen LogP contribution is 2.24. The topological polar surface area (TPSA) is 66.5 Å². The van der Waals surface area contributed by atoms with E-state index in [1.54, 1.807) is 46.8 Å². The first-order chi connectivity index (χ1) is 12.4. The summed E-state index contributed by atoms with van der Waals surface area (Å²) in [7, 11) is -3.48. The number of carbonyl (C=O) groups excluding carboxylic acids is 1. The third-order valence-corrected chi connectivity index (χ3v) is 6.83. The van der Waals surface area contributed by atoms with Crippen molar-refractivity contribution in [3.63, 3.8) is 0 Å². The fourth-order valence-electron chi connectivity index (χ4n) is 3.06. The first-order valence-electron chi connectivity index (χ1n) is 8.53. The Labute approximate surface area is 162 Å². The maximum Gasteiger partial charge on any atom is 0.255 e. The molecule has 0 radical (unpaired) electrons. The largest absolute Gasteiger partial charge is 0.322 e. The Morgan fingerprint density at radius 2 is 1.92 bits per heavy atom. The number of amides is 1. The Hall–Kier alpha value is -1.70. The number of piperidine rings is 1. The third kappa shape index (κ3) is 4.34. The van der Waals surface area contributed by atoms with Gasteiger partial charge in [-0.15, -0.1) is 0 Å². The molecule has 138 valence electrons. The summed E-state index contributed by atoms with van der Waals surface area (Å²) in [4.78, 5) is 12.5. The zero-order valence-electron chi connectivity index (χ0n) is 14.5. The lowest BCUT2D eigenvalue weighted by atomic mass is 10.0. The average Bonchev–Trinajstić information content (AvgIpc) is 2.62. The minimum Gasteiger partial charge on any atom is -0.322 e. The maximum atomic E-state index is 12.8. The molecule has 1 amide bonds.